The first kappa shape index (κ1) is 30.2. The van der Waals surface area contributed by atoms with Crippen molar-refractivity contribution in [1.29, 1.82) is 0 Å². The molecule has 9 nitrogen and oxygen atoms in total. The van der Waals surface area contributed by atoms with Gasteiger partial charge in [0, 0.05) is 48.2 Å². The standard InChI is InChI=1S/C30H34N4O5S2/c1-4-33-41(37,38)28-17-24(31-18-25(35)16-21-8-6-5-7-9-21)14-15-26(28)27-19-32-29(40-27)22-10-12-23(13-11-22)34-30(36)39-20(2)3/h5-15,17,19-20,25,31,33,35H,4,16,18H2,1-3H3,(H,34,36). The zero-order valence-corrected chi connectivity index (χ0v) is 24.8. The SMILES string of the molecule is CCNS(=O)(=O)c1cc(NCC(O)Cc2ccccc2)ccc1-c1cnc(-c2ccc(NC(=O)OC(C)C)cc2)s1. The monoisotopic (exact) mass is 594 g/mol. The summed E-state index contributed by atoms with van der Waals surface area (Å²) in [5.74, 6) is 0. The largest absolute Gasteiger partial charge is 0.447 e. The Hall–Kier alpha value is -3.77. The van der Waals surface area contributed by atoms with Crippen molar-refractivity contribution >= 4 is 38.8 Å². The predicted octanol–water partition coefficient (Wildman–Crippen LogP) is 5.75. The fourth-order valence-electron chi connectivity index (χ4n) is 4.11. The van der Waals surface area contributed by atoms with Crippen molar-refractivity contribution in [2.45, 2.75) is 44.3 Å². The number of aromatic nitrogens is 1. The van der Waals surface area contributed by atoms with Crippen LogP contribution in [0.4, 0.5) is 16.2 Å². The lowest BCUT2D eigenvalue weighted by atomic mass is 10.1. The van der Waals surface area contributed by atoms with Gasteiger partial charge in [0.1, 0.15) is 5.01 Å². The number of aliphatic hydroxyl groups excluding tert-OH is 1. The van der Waals surface area contributed by atoms with Crippen LogP contribution in [0.25, 0.3) is 21.0 Å². The van der Waals surface area contributed by atoms with E-state index in [4.69, 9.17) is 4.74 Å². The van der Waals surface area contributed by atoms with Gasteiger partial charge in [-0.3, -0.25) is 5.32 Å². The Labute approximate surface area is 244 Å². The van der Waals surface area contributed by atoms with E-state index in [9.17, 15) is 18.3 Å². The molecule has 4 rings (SSSR count). The van der Waals surface area contributed by atoms with Crippen molar-refractivity contribution in [3.05, 3.63) is 84.6 Å². The van der Waals surface area contributed by atoms with Crippen LogP contribution >= 0.6 is 11.3 Å². The molecule has 0 fully saturated rings. The summed E-state index contributed by atoms with van der Waals surface area (Å²) < 4.78 is 34.0. The molecule has 0 spiro atoms. The van der Waals surface area contributed by atoms with Gasteiger partial charge in [0.2, 0.25) is 10.0 Å². The van der Waals surface area contributed by atoms with E-state index in [0.717, 1.165) is 11.1 Å². The van der Waals surface area contributed by atoms with Gasteiger partial charge < -0.3 is 15.2 Å². The van der Waals surface area contributed by atoms with Gasteiger partial charge in [-0.1, -0.05) is 43.3 Å². The minimum atomic E-state index is -3.81. The Balaban J connectivity index is 1.53. The van der Waals surface area contributed by atoms with E-state index in [0.29, 0.717) is 33.2 Å². The van der Waals surface area contributed by atoms with Crippen LogP contribution in [-0.2, 0) is 21.2 Å². The molecular formula is C30H34N4O5S2. The number of hydrogen-bond acceptors (Lipinski definition) is 8. The molecule has 1 amide bonds. The van der Waals surface area contributed by atoms with Crippen LogP contribution in [0.5, 0.6) is 0 Å². The summed E-state index contributed by atoms with van der Waals surface area (Å²) in [4.78, 5) is 17.2. The molecule has 0 saturated carbocycles. The maximum absolute atomic E-state index is 13.2. The first-order valence-corrected chi connectivity index (χ1v) is 15.6. The number of carbonyl (C=O) groups excluding carboxylic acids is 1. The summed E-state index contributed by atoms with van der Waals surface area (Å²) in [7, 11) is -3.81. The topological polar surface area (TPSA) is 130 Å². The average Bonchev–Trinajstić information content (AvgIpc) is 3.42. The highest BCUT2D eigenvalue weighted by Gasteiger charge is 2.21. The molecule has 0 saturated heterocycles. The summed E-state index contributed by atoms with van der Waals surface area (Å²) in [6.07, 6.45) is 0.750. The molecule has 3 aromatic carbocycles. The second-order valence-electron chi connectivity index (χ2n) is 9.62. The van der Waals surface area contributed by atoms with Crippen molar-refractivity contribution in [2.24, 2.45) is 0 Å². The summed E-state index contributed by atoms with van der Waals surface area (Å²) in [5, 5.41) is 17.0. The van der Waals surface area contributed by atoms with Crippen molar-refractivity contribution in [3.8, 4) is 21.0 Å². The highest BCUT2D eigenvalue weighted by atomic mass is 32.2. The molecule has 4 N–H and O–H groups in total. The van der Waals surface area contributed by atoms with E-state index in [1.165, 1.54) is 11.3 Å². The number of benzene rings is 3. The predicted molar refractivity (Wildman–Crippen MR) is 164 cm³/mol. The molecule has 0 bridgehead atoms. The molecule has 0 aliphatic rings. The van der Waals surface area contributed by atoms with Crippen LogP contribution in [0, 0.1) is 0 Å². The van der Waals surface area contributed by atoms with E-state index in [1.807, 2.05) is 42.5 Å². The molecule has 11 heteroatoms. The molecule has 216 valence electrons. The zero-order chi connectivity index (χ0) is 29.4. The highest BCUT2D eigenvalue weighted by molar-refractivity contribution is 7.89. The van der Waals surface area contributed by atoms with Crippen LogP contribution in [0.1, 0.15) is 26.3 Å². The van der Waals surface area contributed by atoms with Crippen molar-refractivity contribution in [3.63, 3.8) is 0 Å². The minimum Gasteiger partial charge on any atom is -0.447 e. The number of aliphatic hydroxyl groups is 1. The van der Waals surface area contributed by atoms with Gasteiger partial charge in [-0.2, -0.15) is 0 Å². The maximum Gasteiger partial charge on any atom is 0.411 e. The molecule has 1 aromatic heterocycles. The van der Waals surface area contributed by atoms with Crippen molar-refractivity contribution in [2.75, 3.05) is 23.7 Å². The van der Waals surface area contributed by atoms with Crippen LogP contribution in [-0.4, -0.2) is 49.9 Å². The number of hydrogen-bond donors (Lipinski definition) is 4. The van der Waals surface area contributed by atoms with Gasteiger partial charge in [-0.25, -0.2) is 22.9 Å². The lowest BCUT2D eigenvalue weighted by Crippen LogP contribution is -2.24. The van der Waals surface area contributed by atoms with E-state index < -0.39 is 22.2 Å². The second kappa shape index (κ2) is 13.7. The normalized spacial score (nSPS) is 12.2. The molecule has 1 unspecified atom stereocenters. The second-order valence-corrected chi connectivity index (χ2v) is 12.4. The van der Waals surface area contributed by atoms with Gasteiger partial charge in [-0.15, -0.1) is 11.3 Å². The lowest BCUT2D eigenvalue weighted by molar-refractivity contribution is 0.130. The quantitative estimate of drug-likeness (QED) is 0.164. The Morgan fingerprint density at radius 1 is 1.02 bits per heavy atom. The highest BCUT2D eigenvalue weighted by Crippen LogP contribution is 2.37. The molecule has 0 aliphatic heterocycles. The third-order valence-electron chi connectivity index (χ3n) is 5.95. The molecular weight excluding hydrogens is 560 g/mol. The van der Waals surface area contributed by atoms with E-state index in [-0.39, 0.29) is 24.1 Å². The number of carbonyl (C=O) groups is 1. The summed E-state index contributed by atoms with van der Waals surface area (Å²) >= 11 is 1.37. The fourth-order valence-corrected chi connectivity index (χ4v) is 6.42. The third kappa shape index (κ3) is 8.37. The summed E-state index contributed by atoms with van der Waals surface area (Å²) in [5.41, 5.74) is 3.55. The summed E-state index contributed by atoms with van der Waals surface area (Å²) in [6.45, 7) is 5.79. The molecule has 41 heavy (non-hydrogen) atoms. The molecule has 0 radical (unpaired) electrons. The molecule has 4 aromatic rings. The van der Waals surface area contributed by atoms with Crippen LogP contribution in [0.2, 0.25) is 0 Å². The number of amides is 1. The van der Waals surface area contributed by atoms with Crippen molar-refractivity contribution in [1.82, 2.24) is 9.71 Å². The van der Waals surface area contributed by atoms with E-state index in [2.05, 4.69) is 20.3 Å². The smallest absolute Gasteiger partial charge is 0.411 e. The van der Waals surface area contributed by atoms with Crippen LogP contribution in [0.15, 0.2) is 83.9 Å². The molecule has 1 heterocycles. The Kier molecular flexibility index (Phi) is 10.1. The maximum atomic E-state index is 13.2. The minimum absolute atomic E-state index is 0.125. The number of ether oxygens (including phenoxy) is 1. The number of rotatable bonds is 12. The Morgan fingerprint density at radius 2 is 1.73 bits per heavy atom. The van der Waals surface area contributed by atoms with Gasteiger partial charge >= 0.3 is 6.09 Å². The third-order valence-corrected chi connectivity index (χ3v) is 8.62. The van der Waals surface area contributed by atoms with E-state index in [1.54, 1.807) is 57.3 Å². The number of sulfonamides is 1. The first-order chi connectivity index (χ1) is 19.6. The molecule has 1 atom stereocenters. The van der Waals surface area contributed by atoms with E-state index >= 15 is 0 Å². The average molecular weight is 595 g/mol. The van der Waals surface area contributed by atoms with Crippen LogP contribution in [0.3, 0.4) is 0 Å². The van der Waals surface area contributed by atoms with Gasteiger partial charge in [-0.05, 0) is 55.8 Å². The first-order valence-electron chi connectivity index (χ1n) is 13.3. The van der Waals surface area contributed by atoms with Gasteiger partial charge in [0.05, 0.1) is 22.0 Å². The Morgan fingerprint density at radius 3 is 2.41 bits per heavy atom. The number of nitrogens with zero attached hydrogens (tertiary/aromatic N) is 1. The van der Waals surface area contributed by atoms with Gasteiger partial charge in [0.15, 0.2) is 0 Å². The van der Waals surface area contributed by atoms with Gasteiger partial charge in [0.25, 0.3) is 0 Å². The number of anilines is 2. The zero-order valence-electron chi connectivity index (χ0n) is 23.1. The van der Waals surface area contributed by atoms with Crippen molar-refractivity contribution < 1.29 is 23.1 Å². The number of thiazole rings is 1. The number of nitrogens with one attached hydrogen (secondary N) is 3. The van der Waals surface area contributed by atoms with Crippen LogP contribution < -0.4 is 15.4 Å². The summed E-state index contributed by atoms with van der Waals surface area (Å²) in [6, 6.07) is 22.0. The molecule has 0 aliphatic carbocycles. The fraction of sp³-hybridized carbons (Fsp3) is 0.267. The Bertz CT molecular complexity index is 1560. The lowest BCUT2D eigenvalue weighted by Gasteiger charge is -2.15.